The molecular weight excluding hydrogens is 255 g/mol. The third kappa shape index (κ3) is 3.34. The topological polar surface area (TPSA) is 54.4 Å². The Balaban J connectivity index is 2.74. The molecule has 0 aromatic rings. The van der Waals surface area contributed by atoms with Crippen LogP contribution in [0.4, 0.5) is 4.39 Å². The summed E-state index contributed by atoms with van der Waals surface area (Å²) in [7, 11) is 0. The number of aliphatic carboxylic acids is 1. The molecule has 0 aromatic heterocycles. The minimum atomic E-state index is -0.940. The quantitative estimate of drug-likeness (QED) is 0.803. The third-order valence-electron chi connectivity index (χ3n) is 3.10. The molecule has 0 heterocycles. The van der Waals surface area contributed by atoms with Gasteiger partial charge in [0.1, 0.15) is 0 Å². The molecule has 3 nitrogen and oxygen atoms in total. The Labute approximate surface area is 111 Å². The average Bonchev–Trinajstić information content (AvgIpc) is 2.64. The Morgan fingerprint density at radius 1 is 1.33 bits per heavy atom. The molecule has 0 saturated heterocycles. The molecule has 18 heavy (non-hydrogen) atoms. The summed E-state index contributed by atoms with van der Waals surface area (Å²) in [5.41, 5.74) is -0.476. The largest absolute Gasteiger partial charge is 0.481 e. The fourth-order valence-electron chi connectivity index (χ4n) is 2.01. The van der Waals surface area contributed by atoms with Gasteiger partial charge in [-0.25, -0.2) is 4.39 Å². The predicted octanol–water partition coefficient (Wildman–Crippen LogP) is 3.25. The molecule has 1 aliphatic rings. The fourth-order valence-corrected chi connectivity index (χ4v) is 2.73. The van der Waals surface area contributed by atoms with Crippen LogP contribution in [-0.2, 0) is 9.59 Å². The number of hydrogen-bond donors (Lipinski definition) is 1. The van der Waals surface area contributed by atoms with Gasteiger partial charge in [0.15, 0.2) is 5.83 Å². The number of carboxylic acid groups (broad SMARTS) is 1. The zero-order chi connectivity index (χ0) is 14.3. The van der Waals surface area contributed by atoms with Crippen molar-refractivity contribution in [2.24, 2.45) is 17.3 Å². The van der Waals surface area contributed by atoms with Crippen LogP contribution < -0.4 is 0 Å². The van der Waals surface area contributed by atoms with Crippen LogP contribution in [0.15, 0.2) is 11.9 Å². The molecule has 1 fully saturated rings. The monoisotopic (exact) mass is 274 g/mol. The lowest BCUT2D eigenvalue weighted by Gasteiger charge is -2.14. The van der Waals surface area contributed by atoms with Gasteiger partial charge in [0, 0.05) is 4.75 Å². The van der Waals surface area contributed by atoms with E-state index >= 15 is 0 Å². The van der Waals surface area contributed by atoms with E-state index < -0.39 is 34.2 Å². The van der Waals surface area contributed by atoms with E-state index in [1.165, 1.54) is 6.08 Å². The SMILES string of the molecule is CC(C)(C)SC(=O)/C(F)=C\C1C(C(=O)O)C1(C)C. The number of rotatable bonds is 3. The molecule has 1 saturated carbocycles. The highest BCUT2D eigenvalue weighted by Gasteiger charge is 2.61. The first kappa shape index (κ1) is 15.2. The normalized spacial score (nSPS) is 26.9. The van der Waals surface area contributed by atoms with E-state index in [0.29, 0.717) is 0 Å². The molecule has 1 rings (SSSR count). The van der Waals surface area contributed by atoms with Crippen molar-refractivity contribution < 1.29 is 19.1 Å². The van der Waals surface area contributed by atoms with Gasteiger partial charge in [-0.05, 0) is 17.4 Å². The molecule has 0 aromatic carbocycles. The van der Waals surface area contributed by atoms with E-state index in [1.807, 2.05) is 20.8 Å². The number of hydrogen-bond acceptors (Lipinski definition) is 3. The Morgan fingerprint density at radius 3 is 2.17 bits per heavy atom. The highest BCUT2D eigenvalue weighted by Crippen LogP contribution is 2.59. The van der Waals surface area contributed by atoms with Crippen LogP contribution in [0.5, 0.6) is 0 Å². The van der Waals surface area contributed by atoms with Crippen LogP contribution in [0.3, 0.4) is 0 Å². The van der Waals surface area contributed by atoms with Crippen molar-refractivity contribution in [1.82, 2.24) is 0 Å². The van der Waals surface area contributed by atoms with Gasteiger partial charge in [-0.1, -0.05) is 46.4 Å². The van der Waals surface area contributed by atoms with Gasteiger partial charge < -0.3 is 5.11 Å². The zero-order valence-corrected chi connectivity index (χ0v) is 12.1. The molecule has 0 spiro atoms. The van der Waals surface area contributed by atoms with Crippen molar-refractivity contribution in [3.63, 3.8) is 0 Å². The van der Waals surface area contributed by atoms with Gasteiger partial charge in [0.2, 0.25) is 5.12 Å². The van der Waals surface area contributed by atoms with Gasteiger partial charge in [0.05, 0.1) is 5.92 Å². The summed E-state index contributed by atoms with van der Waals surface area (Å²) >= 11 is 0.915. The lowest BCUT2D eigenvalue weighted by atomic mass is 10.1. The summed E-state index contributed by atoms with van der Waals surface area (Å²) in [4.78, 5) is 22.5. The first-order valence-electron chi connectivity index (χ1n) is 5.80. The minimum Gasteiger partial charge on any atom is -0.481 e. The van der Waals surface area contributed by atoms with Crippen molar-refractivity contribution in [2.45, 2.75) is 39.4 Å². The second kappa shape index (κ2) is 4.68. The van der Waals surface area contributed by atoms with Gasteiger partial charge >= 0.3 is 5.97 Å². The van der Waals surface area contributed by atoms with E-state index in [1.54, 1.807) is 13.8 Å². The molecule has 0 bridgehead atoms. The summed E-state index contributed by atoms with van der Waals surface area (Å²) in [5.74, 6) is -2.78. The molecule has 102 valence electrons. The number of carbonyl (C=O) groups excluding carboxylic acids is 1. The Kier molecular flexibility index (Phi) is 3.96. The van der Waals surface area contributed by atoms with Crippen molar-refractivity contribution in [3.05, 3.63) is 11.9 Å². The van der Waals surface area contributed by atoms with E-state index in [0.717, 1.165) is 11.8 Å². The Bertz CT molecular complexity index is 407. The molecule has 2 unspecified atom stereocenters. The van der Waals surface area contributed by atoms with Crippen LogP contribution >= 0.6 is 11.8 Å². The molecular formula is C13H19FO3S. The first-order valence-corrected chi connectivity index (χ1v) is 6.62. The van der Waals surface area contributed by atoms with Crippen molar-refractivity contribution in [3.8, 4) is 0 Å². The number of carbonyl (C=O) groups is 2. The highest BCUT2D eigenvalue weighted by atomic mass is 32.2. The van der Waals surface area contributed by atoms with Crippen LogP contribution in [0.2, 0.25) is 0 Å². The molecule has 0 aliphatic heterocycles. The summed E-state index contributed by atoms with van der Waals surface area (Å²) in [6.45, 7) is 9.00. The first-order chi connectivity index (χ1) is 7.97. The zero-order valence-electron chi connectivity index (χ0n) is 11.3. The molecule has 0 radical (unpaired) electrons. The third-order valence-corrected chi connectivity index (χ3v) is 4.09. The smallest absolute Gasteiger partial charge is 0.307 e. The van der Waals surface area contributed by atoms with Gasteiger partial charge in [-0.3, -0.25) is 9.59 Å². The van der Waals surface area contributed by atoms with Crippen molar-refractivity contribution in [2.75, 3.05) is 0 Å². The van der Waals surface area contributed by atoms with Gasteiger partial charge in [0.25, 0.3) is 0 Å². The molecule has 2 atom stereocenters. The number of halogens is 1. The molecule has 1 N–H and O–H groups in total. The van der Waals surface area contributed by atoms with Crippen LogP contribution in [0.25, 0.3) is 0 Å². The summed E-state index contributed by atoms with van der Waals surface area (Å²) in [6.07, 6.45) is 1.17. The highest BCUT2D eigenvalue weighted by molar-refractivity contribution is 8.15. The maximum Gasteiger partial charge on any atom is 0.307 e. The van der Waals surface area contributed by atoms with Crippen LogP contribution in [-0.4, -0.2) is 20.9 Å². The van der Waals surface area contributed by atoms with E-state index in [4.69, 9.17) is 5.11 Å². The summed E-state index contributed by atoms with van der Waals surface area (Å²) in [5, 5.41) is 8.33. The lowest BCUT2D eigenvalue weighted by Crippen LogP contribution is -2.12. The van der Waals surface area contributed by atoms with E-state index in [9.17, 15) is 14.0 Å². The van der Waals surface area contributed by atoms with Crippen molar-refractivity contribution in [1.29, 1.82) is 0 Å². The van der Waals surface area contributed by atoms with Crippen LogP contribution in [0, 0.1) is 17.3 Å². The maximum absolute atomic E-state index is 13.7. The van der Waals surface area contributed by atoms with Gasteiger partial charge in [-0.15, -0.1) is 0 Å². The van der Waals surface area contributed by atoms with Crippen molar-refractivity contribution >= 4 is 22.8 Å². The molecule has 5 heteroatoms. The van der Waals surface area contributed by atoms with E-state index in [2.05, 4.69) is 0 Å². The van der Waals surface area contributed by atoms with Crippen LogP contribution in [0.1, 0.15) is 34.6 Å². The standard InChI is InChI=1S/C13H19FO3S/c1-12(2,3)18-11(17)8(14)6-7-9(10(15)16)13(7,4)5/h6-7,9H,1-5H3,(H,15,16)/b8-6+. The Hall–Kier alpha value is -0.840. The summed E-state index contributed by atoms with van der Waals surface area (Å²) < 4.78 is 13.3. The van der Waals surface area contributed by atoms with Gasteiger partial charge in [-0.2, -0.15) is 0 Å². The second-order valence-corrected chi connectivity index (χ2v) is 7.98. The minimum absolute atomic E-state index is 0.354. The number of allylic oxidation sites excluding steroid dienone is 1. The average molecular weight is 274 g/mol. The number of carboxylic acids is 1. The predicted molar refractivity (Wildman–Crippen MR) is 69.9 cm³/mol. The summed E-state index contributed by atoms with van der Waals surface area (Å²) in [6, 6.07) is 0. The Morgan fingerprint density at radius 2 is 1.83 bits per heavy atom. The second-order valence-electron chi connectivity index (χ2n) is 6.18. The molecule has 1 aliphatic carbocycles. The molecule has 0 amide bonds. The lowest BCUT2D eigenvalue weighted by molar-refractivity contribution is -0.139. The maximum atomic E-state index is 13.7. The van der Waals surface area contributed by atoms with E-state index in [-0.39, 0.29) is 4.75 Å². The fraction of sp³-hybridized carbons (Fsp3) is 0.692. The number of thioether (sulfide) groups is 1.